The molecule has 2 aromatic rings. The van der Waals surface area contributed by atoms with Crippen LogP contribution in [0.4, 0.5) is 13.2 Å². The van der Waals surface area contributed by atoms with Crippen molar-refractivity contribution >= 4 is 0 Å². The molecule has 3 aliphatic rings. The molecule has 1 aromatic carbocycles. The molecule has 1 spiro atoms. The lowest BCUT2D eigenvalue weighted by molar-refractivity contribution is -0.137. The Morgan fingerprint density at radius 1 is 1.03 bits per heavy atom. The quantitative estimate of drug-likeness (QED) is 0.506. The molecule has 5 heteroatoms. The van der Waals surface area contributed by atoms with Crippen molar-refractivity contribution in [2.75, 3.05) is 0 Å². The van der Waals surface area contributed by atoms with Crippen LogP contribution in [0.15, 0.2) is 24.3 Å². The van der Waals surface area contributed by atoms with Crippen molar-refractivity contribution in [3.8, 4) is 0 Å². The van der Waals surface area contributed by atoms with Crippen LogP contribution in [0.3, 0.4) is 0 Å². The van der Waals surface area contributed by atoms with Gasteiger partial charge in [-0.15, -0.1) is 0 Å². The number of rotatable bonds is 5. The van der Waals surface area contributed by atoms with Gasteiger partial charge in [0.2, 0.25) is 0 Å². The van der Waals surface area contributed by atoms with E-state index in [-0.39, 0.29) is 5.41 Å². The summed E-state index contributed by atoms with van der Waals surface area (Å²) in [5.74, 6) is 0.423. The summed E-state index contributed by atoms with van der Waals surface area (Å²) in [5, 5.41) is 11.3. The summed E-state index contributed by atoms with van der Waals surface area (Å²) in [6.45, 7) is 2.16. The number of alkyl halides is 3. The normalized spacial score (nSPS) is 22.4. The molecule has 33 heavy (non-hydrogen) atoms. The van der Waals surface area contributed by atoms with Crippen LogP contribution in [-0.4, -0.2) is 10.1 Å². The number of nitrogens with zero attached hydrogens (tertiary/aromatic N) is 1. The second-order valence-corrected chi connectivity index (χ2v) is 10.7. The minimum absolute atomic E-state index is 0.227. The van der Waals surface area contributed by atoms with Gasteiger partial charge in [0.15, 0.2) is 0 Å². The van der Waals surface area contributed by atoms with E-state index in [2.05, 4.69) is 6.92 Å². The monoisotopic (exact) mass is 457 g/mol. The van der Waals surface area contributed by atoms with Crippen molar-refractivity contribution in [3.63, 3.8) is 0 Å². The van der Waals surface area contributed by atoms with E-state index in [1.165, 1.54) is 55.4 Å². The molecule has 2 saturated carbocycles. The van der Waals surface area contributed by atoms with Gasteiger partial charge in [-0.1, -0.05) is 44.7 Å². The summed E-state index contributed by atoms with van der Waals surface area (Å²) < 4.78 is 39.2. The Labute approximate surface area is 194 Å². The number of pyridine rings is 1. The summed E-state index contributed by atoms with van der Waals surface area (Å²) in [4.78, 5) is 5.28. The van der Waals surface area contributed by atoms with Crippen LogP contribution >= 0.6 is 0 Å². The van der Waals surface area contributed by atoms with E-state index in [0.29, 0.717) is 12.3 Å². The van der Waals surface area contributed by atoms with Gasteiger partial charge in [0.25, 0.3) is 0 Å². The number of hydrogen-bond acceptors (Lipinski definition) is 2. The van der Waals surface area contributed by atoms with Crippen LogP contribution in [0.1, 0.15) is 116 Å². The fraction of sp³-hybridized carbons (Fsp3) is 0.607. The molecule has 178 valence electrons. The lowest BCUT2D eigenvalue weighted by atomic mass is 9.59. The first-order valence-corrected chi connectivity index (χ1v) is 12.7. The maximum Gasteiger partial charge on any atom is 0.416 e. The molecule has 0 aliphatic heterocycles. The fourth-order valence-corrected chi connectivity index (χ4v) is 6.58. The molecule has 2 nitrogen and oxygen atoms in total. The van der Waals surface area contributed by atoms with E-state index in [9.17, 15) is 18.3 Å². The number of hydrogen-bond donors (Lipinski definition) is 1. The van der Waals surface area contributed by atoms with Crippen LogP contribution in [0.5, 0.6) is 0 Å². The maximum atomic E-state index is 13.1. The van der Waals surface area contributed by atoms with Crippen LogP contribution in [0, 0.1) is 5.41 Å². The SMILES string of the molecule is CCCc1c(Cc2ccc(C(F)(F)F)cc2)c(C2CCCC2)nc2c1C(O)CC1(CCC1)C2. The van der Waals surface area contributed by atoms with Crippen molar-refractivity contribution in [3.05, 3.63) is 63.5 Å². The zero-order chi connectivity index (χ0) is 23.2. The van der Waals surface area contributed by atoms with Gasteiger partial charge >= 0.3 is 6.18 Å². The number of fused-ring (bicyclic) bond motifs is 1. The molecule has 1 atom stereocenters. The van der Waals surface area contributed by atoms with Crippen LogP contribution in [0.2, 0.25) is 0 Å². The molecule has 1 N–H and O–H groups in total. The highest BCUT2D eigenvalue weighted by Crippen LogP contribution is 2.54. The Morgan fingerprint density at radius 2 is 1.73 bits per heavy atom. The van der Waals surface area contributed by atoms with Gasteiger partial charge in [-0.2, -0.15) is 13.2 Å². The number of aliphatic hydroxyl groups is 1. The zero-order valence-corrected chi connectivity index (χ0v) is 19.5. The van der Waals surface area contributed by atoms with Gasteiger partial charge in [0.05, 0.1) is 11.7 Å². The van der Waals surface area contributed by atoms with E-state index < -0.39 is 17.8 Å². The number of aliphatic hydroxyl groups excluding tert-OH is 1. The highest BCUT2D eigenvalue weighted by molar-refractivity contribution is 5.48. The Kier molecular flexibility index (Phi) is 6.05. The summed E-state index contributed by atoms with van der Waals surface area (Å²) in [7, 11) is 0. The average molecular weight is 458 g/mol. The van der Waals surface area contributed by atoms with E-state index in [0.717, 1.165) is 61.0 Å². The van der Waals surface area contributed by atoms with Gasteiger partial charge in [-0.25, -0.2) is 0 Å². The molecule has 0 bridgehead atoms. The number of halogens is 3. The van der Waals surface area contributed by atoms with Gasteiger partial charge in [-0.05, 0) is 85.6 Å². The van der Waals surface area contributed by atoms with Gasteiger partial charge in [0.1, 0.15) is 0 Å². The second-order valence-electron chi connectivity index (χ2n) is 10.7. The third-order valence-corrected chi connectivity index (χ3v) is 8.39. The highest BCUT2D eigenvalue weighted by Gasteiger charge is 2.45. The predicted octanol–water partition coefficient (Wildman–Crippen LogP) is 7.45. The molecule has 2 fully saturated rings. The Hall–Kier alpha value is -1.88. The summed E-state index contributed by atoms with van der Waals surface area (Å²) in [6.07, 6.45) is 7.69. The van der Waals surface area contributed by atoms with Crippen LogP contribution < -0.4 is 0 Å². The summed E-state index contributed by atoms with van der Waals surface area (Å²) in [5.41, 5.74) is 6.20. The lowest BCUT2D eigenvalue weighted by Crippen LogP contribution is -2.38. The van der Waals surface area contributed by atoms with Gasteiger partial charge in [0, 0.05) is 22.9 Å². The molecule has 0 radical (unpaired) electrons. The third kappa shape index (κ3) is 4.34. The summed E-state index contributed by atoms with van der Waals surface area (Å²) >= 11 is 0. The molecule has 0 amide bonds. The standard InChI is InChI=1S/C28H34F3NO/c1-2-6-21-22(15-18-9-11-20(12-10-18)28(29,30)31)26(19-7-3-4-8-19)32-23-16-27(13-5-14-27)17-24(33)25(21)23/h9-12,19,24,33H,2-8,13-17H2,1H3. The van der Waals surface area contributed by atoms with E-state index >= 15 is 0 Å². The van der Waals surface area contributed by atoms with E-state index in [1.54, 1.807) is 12.1 Å². The Bertz CT molecular complexity index is 1000. The largest absolute Gasteiger partial charge is 0.416 e. The minimum atomic E-state index is -4.32. The minimum Gasteiger partial charge on any atom is -0.388 e. The first-order valence-electron chi connectivity index (χ1n) is 12.7. The van der Waals surface area contributed by atoms with Crippen LogP contribution in [0.25, 0.3) is 0 Å². The van der Waals surface area contributed by atoms with Gasteiger partial charge < -0.3 is 5.11 Å². The van der Waals surface area contributed by atoms with Gasteiger partial charge in [-0.3, -0.25) is 4.98 Å². The molecule has 3 aliphatic carbocycles. The molecule has 1 unspecified atom stereocenters. The average Bonchev–Trinajstić information content (AvgIpc) is 3.28. The molecular weight excluding hydrogens is 423 g/mol. The number of aromatic nitrogens is 1. The van der Waals surface area contributed by atoms with Crippen LogP contribution in [-0.2, 0) is 25.4 Å². The predicted molar refractivity (Wildman–Crippen MR) is 123 cm³/mol. The van der Waals surface area contributed by atoms with E-state index in [4.69, 9.17) is 4.98 Å². The van der Waals surface area contributed by atoms with Crippen molar-refractivity contribution in [1.29, 1.82) is 0 Å². The first-order chi connectivity index (χ1) is 15.8. The number of benzene rings is 1. The van der Waals surface area contributed by atoms with E-state index in [1.807, 2.05) is 0 Å². The fourth-order valence-electron chi connectivity index (χ4n) is 6.58. The van der Waals surface area contributed by atoms with Crippen molar-refractivity contribution in [2.24, 2.45) is 5.41 Å². The Balaban J connectivity index is 1.60. The van der Waals surface area contributed by atoms with Crippen molar-refractivity contribution in [2.45, 2.75) is 102 Å². The molecule has 1 heterocycles. The second kappa shape index (κ2) is 8.72. The topological polar surface area (TPSA) is 33.1 Å². The maximum absolute atomic E-state index is 13.1. The lowest BCUT2D eigenvalue weighted by Gasteiger charge is -2.47. The molecule has 1 aromatic heterocycles. The molecule has 5 rings (SSSR count). The summed E-state index contributed by atoms with van der Waals surface area (Å²) in [6, 6.07) is 5.59. The Morgan fingerprint density at radius 3 is 2.30 bits per heavy atom. The molecule has 0 saturated heterocycles. The highest BCUT2D eigenvalue weighted by atomic mass is 19.4. The third-order valence-electron chi connectivity index (χ3n) is 8.39. The smallest absolute Gasteiger partial charge is 0.388 e. The first kappa shape index (κ1) is 22.9. The van der Waals surface area contributed by atoms with Crippen molar-refractivity contribution < 1.29 is 18.3 Å². The van der Waals surface area contributed by atoms with Crippen molar-refractivity contribution in [1.82, 2.24) is 4.98 Å². The molecular formula is C28H34F3NO. The zero-order valence-electron chi connectivity index (χ0n) is 19.5.